The van der Waals surface area contributed by atoms with E-state index >= 15 is 0 Å². The van der Waals surface area contributed by atoms with E-state index in [1.165, 1.54) is 17.3 Å². The van der Waals surface area contributed by atoms with Gasteiger partial charge >= 0.3 is 0 Å². The normalized spacial score (nSPS) is 11.2. The van der Waals surface area contributed by atoms with Crippen molar-refractivity contribution in [1.29, 1.82) is 0 Å². The lowest BCUT2D eigenvalue weighted by Crippen LogP contribution is -2.15. The summed E-state index contributed by atoms with van der Waals surface area (Å²) in [4.78, 5) is 19.7. The number of rotatable bonds is 6. The molecule has 0 aliphatic heterocycles. The van der Waals surface area contributed by atoms with Crippen LogP contribution in [-0.2, 0) is 4.79 Å². The number of nitrogens with one attached hydrogen (secondary N) is 2. The van der Waals surface area contributed by atoms with Crippen LogP contribution < -0.4 is 5.32 Å². The highest BCUT2D eigenvalue weighted by Gasteiger charge is 2.12. The third kappa shape index (κ3) is 3.91. The molecule has 2 N–H and O–H groups in total. The summed E-state index contributed by atoms with van der Waals surface area (Å²) in [6, 6.07) is 15.9. The van der Waals surface area contributed by atoms with Crippen LogP contribution in [0.5, 0.6) is 0 Å². The van der Waals surface area contributed by atoms with Crippen LogP contribution in [0, 0.1) is 0 Å². The first-order valence-corrected chi connectivity index (χ1v) is 9.96. The Morgan fingerprint density at radius 1 is 1.18 bits per heavy atom. The van der Waals surface area contributed by atoms with Crippen molar-refractivity contribution in [2.75, 3.05) is 11.1 Å². The molecule has 0 spiro atoms. The highest BCUT2D eigenvalue weighted by molar-refractivity contribution is 7.99. The van der Waals surface area contributed by atoms with Gasteiger partial charge in [-0.3, -0.25) is 14.7 Å². The molecule has 8 heteroatoms. The second-order valence-corrected chi connectivity index (χ2v) is 7.61. The first kappa shape index (κ1) is 18.2. The molecule has 0 fully saturated rings. The molecule has 0 saturated carbocycles. The van der Waals surface area contributed by atoms with Gasteiger partial charge in [-0.05, 0) is 35.7 Å². The quantitative estimate of drug-likeness (QED) is 0.484. The molecule has 0 saturated heterocycles. The molecule has 7 nitrogen and oxygen atoms in total. The van der Waals surface area contributed by atoms with E-state index in [0.717, 1.165) is 16.7 Å². The van der Waals surface area contributed by atoms with Crippen LogP contribution in [-0.4, -0.2) is 36.4 Å². The van der Waals surface area contributed by atoms with E-state index in [1.54, 1.807) is 6.33 Å². The van der Waals surface area contributed by atoms with Gasteiger partial charge in [-0.1, -0.05) is 49.9 Å². The standard InChI is InChI=1S/C20H20N6OS/c1-13(2)14-7-9-15(10-8-14)26-12-21-25-20(26)28-11-18(27)24-19-22-16-5-3-4-6-17(16)23-19/h3-10,12-13H,11H2,1-2H3,(H2,22,23,24,27). The number of benzene rings is 2. The molecule has 28 heavy (non-hydrogen) atoms. The monoisotopic (exact) mass is 392 g/mol. The molecule has 142 valence electrons. The molecule has 2 aromatic heterocycles. The van der Waals surface area contributed by atoms with Gasteiger partial charge in [0, 0.05) is 5.69 Å². The second kappa shape index (κ2) is 7.85. The van der Waals surface area contributed by atoms with E-state index < -0.39 is 0 Å². The van der Waals surface area contributed by atoms with Gasteiger partial charge in [-0.15, -0.1) is 10.2 Å². The summed E-state index contributed by atoms with van der Waals surface area (Å²) in [5.41, 5.74) is 3.94. The molecular formula is C20H20N6OS. The van der Waals surface area contributed by atoms with Crippen molar-refractivity contribution < 1.29 is 4.79 Å². The number of anilines is 1. The third-order valence-corrected chi connectivity index (χ3v) is 5.28. The van der Waals surface area contributed by atoms with Crippen LogP contribution in [0.15, 0.2) is 60.0 Å². The number of hydrogen-bond acceptors (Lipinski definition) is 5. The molecule has 0 radical (unpaired) electrons. The maximum atomic E-state index is 12.3. The van der Waals surface area contributed by atoms with Crippen LogP contribution in [0.2, 0.25) is 0 Å². The summed E-state index contributed by atoms with van der Waals surface area (Å²) in [6.45, 7) is 4.32. The zero-order valence-electron chi connectivity index (χ0n) is 15.6. The number of aromatic amines is 1. The van der Waals surface area contributed by atoms with Crippen molar-refractivity contribution >= 4 is 34.7 Å². The van der Waals surface area contributed by atoms with Crippen LogP contribution in [0.3, 0.4) is 0 Å². The molecule has 0 bridgehead atoms. The molecule has 0 aliphatic carbocycles. The van der Waals surface area contributed by atoms with E-state index in [9.17, 15) is 4.79 Å². The molecule has 0 unspecified atom stereocenters. The Kier molecular flexibility index (Phi) is 5.12. The first-order chi connectivity index (χ1) is 13.6. The number of carbonyl (C=O) groups excluding carboxylic acids is 1. The van der Waals surface area contributed by atoms with Gasteiger partial charge in [-0.25, -0.2) is 4.98 Å². The third-order valence-electron chi connectivity index (χ3n) is 4.33. The molecule has 4 rings (SSSR count). The van der Waals surface area contributed by atoms with Gasteiger partial charge in [0.25, 0.3) is 0 Å². The number of amides is 1. The van der Waals surface area contributed by atoms with E-state index in [2.05, 4.69) is 51.5 Å². The zero-order valence-corrected chi connectivity index (χ0v) is 16.4. The van der Waals surface area contributed by atoms with E-state index in [4.69, 9.17) is 0 Å². The van der Waals surface area contributed by atoms with Crippen LogP contribution >= 0.6 is 11.8 Å². The molecule has 2 aromatic carbocycles. The number of H-pyrrole nitrogens is 1. The highest BCUT2D eigenvalue weighted by Crippen LogP contribution is 2.22. The van der Waals surface area contributed by atoms with Crippen molar-refractivity contribution in [3.8, 4) is 5.69 Å². The predicted octanol–water partition coefficient (Wildman–Crippen LogP) is 4.00. The lowest BCUT2D eigenvalue weighted by atomic mass is 10.0. The maximum Gasteiger partial charge on any atom is 0.237 e. The molecule has 0 aliphatic rings. The number of thioether (sulfide) groups is 1. The summed E-state index contributed by atoms with van der Waals surface area (Å²) in [5.74, 6) is 0.969. The number of imidazole rings is 1. The molecular weight excluding hydrogens is 372 g/mol. The Balaban J connectivity index is 1.41. The van der Waals surface area contributed by atoms with Crippen molar-refractivity contribution in [3.05, 3.63) is 60.4 Å². The van der Waals surface area contributed by atoms with Gasteiger partial charge in [0.2, 0.25) is 11.9 Å². The molecule has 0 atom stereocenters. The van der Waals surface area contributed by atoms with Gasteiger partial charge in [-0.2, -0.15) is 0 Å². The number of para-hydroxylation sites is 2. The SMILES string of the molecule is CC(C)c1ccc(-n2cnnc2SCC(=O)Nc2nc3ccccc3[nH]2)cc1. The van der Waals surface area contributed by atoms with Crippen molar-refractivity contribution in [2.24, 2.45) is 0 Å². The molecule has 4 aromatic rings. The predicted molar refractivity (Wildman–Crippen MR) is 111 cm³/mol. The smallest absolute Gasteiger partial charge is 0.237 e. The van der Waals surface area contributed by atoms with Crippen molar-refractivity contribution in [3.63, 3.8) is 0 Å². The average Bonchev–Trinajstić information content (AvgIpc) is 3.32. The first-order valence-electron chi connectivity index (χ1n) is 8.98. The Morgan fingerprint density at radius 2 is 1.96 bits per heavy atom. The highest BCUT2D eigenvalue weighted by atomic mass is 32.2. The number of carbonyl (C=O) groups is 1. The summed E-state index contributed by atoms with van der Waals surface area (Å²) >= 11 is 1.33. The fraction of sp³-hybridized carbons (Fsp3) is 0.200. The maximum absolute atomic E-state index is 12.3. The van der Waals surface area contributed by atoms with Gasteiger partial charge in [0.15, 0.2) is 5.16 Å². The van der Waals surface area contributed by atoms with Crippen LogP contribution in [0.25, 0.3) is 16.7 Å². The van der Waals surface area contributed by atoms with E-state index in [-0.39, 0.29) is 11.7 Å². The number of fused-ring (bicyclic) bond motifs is 1. The second-order valence-electron chi connectivity index (χ2n) is 6.67. The van der Waals surface area contributed by atoms with Gasteiger partial charge in [0.05, 0.1) is 16.8 Å². The minimum atomic E-state index is -0.159. The fourth-order valence-electron chi connectivity index (χ4n) is 2.83. The Hall–Kier alpha value is -3.13. The topological polar surface area (TPSA) is 88.5 Å². The van der Waals surface area contributed by atoms with E-state index in [0.29, 0.717) is 17.0 Å². The Morgan fingerprint density at radius 3 is 2.71 bits per heavy atom. The van der Waals surface area contributed by atoms with Gasteiger partial charge in [0.1, 0.15) is 6.33 Å². The number of aromatic nitrogens is 5. The summed E-state index contributed by atoms with van der Waals surface area (Å²) in [7, 11) is 0. The van der Waals surface area contributed by atoms with Crippen molar-refractivity contribution in [2.45, 2.75) is 24.9 Å². The minimum Gasteiger partial charge on any atom is -0.324 e. The largest absolute Gasteiger partial charge is 0.324 e. The summed E-state index contributed by atoms with van der Waals surface area (Å²) < 4.78 is 1.88. The zero-order chi connectivity index (χ0) is 19.5. The van der Waals surface area contributed by atoms with Crippen LogP contribution in [0.1, 0.15) is 25.3 Å². The van der Waals surface area contributed by atoms with Crippen LogP contribution in [0.4, 0.5) is 5.95 Å². The Labute approximate surface area is 166 Å². The van der Waals surface area contributed by atoms with E-state index in [1.807, 2.05) is 41.0 Å². The van der Waals surface area contributed by atoms with Gasteiger partial charge < -0.3 is 4.98 Å². The lowest BCUT2D eigenvalue weighted by Gasteiger charge is -2.09. The minimum absolute atomic E-state index is 0.159. The molecule has 2 heterocycles. The van der Waals surface area contributed by atoms with Crippen molar-refractivity contribution in [1.82, 2.24) is 24.7 Å². The lowest BCUT2D eigenvalue weighted by molar-refractivity contribution is -0.113. The Bertz CT molecular complexity index is 1070. The summed E-state index contributed by atoms with van der Waals surface area (Å²) in [5, 5.41) is 11.6. The fourth-order valence-corrected chi connectivity index (χ4v) is 3.56. The number of hydrogen-bond donors (Lipinski definition) is 2. The number of nitrogens with zero attached hydrogens (tertiary/aromatic N) is 4. The summed E-state index contributed by atoms with van der Waals surface area (Å²) in [6.07, 6.45) is 1.66. The molecule has 1 amide bonds. The average molecular weight is 392 g/mol.